The van der Waals surface area contributed by atoms with Gasteiger partial charge in [-0.3, -0.25) is 9.59 Å². The Morgan fingerprint density at radius 3 is 2.75 bits per heavy atom. The predicted octanol–water partition coefficient (Wildman–Crippen LogP) is 2.86. The number of esters is 3. The average molecular weight is 386 g/mol. The molecule has 0 aromatic carbocycles. The molecule has 4 aliphatic rings. The Kier molecular flexibility index (Phi) is 3.73. The van der Waals surface area contributed by atoms with E-state index in [2.05, 4.69) is 0 Å². The Morgan fingerprint density at radius 1 is 1.21 bits per heavy atom. The van der Waals surface area contributed by atoms with Gasteiger partial charge in [-0.1, -0.05) is 6.92 Å². The number of ether oxygens (including phenoxy) is 3. The number of furan rings is 1. The van der Waals surface area contributed by atoms with Gasteiger partial charge in [-0.2, -0.15) is 0 Å². The molecule has 7 nitrogen and oxygen atoms in total. The van der Waals surface area contributed by atoms with Gasteiger partial charge >= 0.3 is 17.9 Å². The topological polar surface area (TPSA) is 92.0 Å². The number of hydrogen-bond donors (Lipinski definition) is 0. The summed E-state index contributed by atoms with van der Waals surface area (Å²) in [5.74, 6) is -1.24. The number of carbonyl (C=O) groups is 3. The van der Waals surface area contributed by atoms with Crippen molar-refractivity contribution in [2.24, 2.45) is 17.3 Å². The van der Waals surface area contributed by atoms with Crippen LogP contribution in [-0.2, 0) is 28.6 Å². The quantitative estimate of drug-likeness (QED) is 0.570. The Balaban J connectivity index is 1.58. The van der Waals surface area contributed by atoms with Gasteiger partial charge in [0.2, 0.25) is 0 Å². The molecule has 0 amide bonds. The average Bonchev–Trinajstić information content (AvgIpc) is 3.33. The highest BCUT2D eigenvalue weighted by atomic mass is 16.6. The van der Waals surface area contributed by atoms with E-state index in [1.54, 1.807) is 12.5 Å². The summed E-state index contributed by atoms with van der Waals surface area (Å²) in [6, 6.07) is 1.81. The number of carbonyl (C=O) groups excluding carboxylic acids is 3. The zero-order valence-electron chi connectivity index (χ0n) is 15.8. The predicted molar refractivity (Wildman–Crippen MR) is 93.6 cm³/mol. The molecule has 0 unspecified atom stereocenters. The minimum atomic E-state index is -0.758. The number of fused-ring (bicyclic) bond motifs is 1. The van der Waals surface area contributed by atoms with Gasteiger partial charge in [-0.05, 0) is 30.4 Å². The second-order valence-corrected chi connectivity index (χ2v) is 8.38. The number of rotatable bonds is 2. The molecule has 5 rings (SSSR count). The molecule has 148 valence electrons. The first kappa shape index (κ1) is 17.5. The van der Waals surface area contributed by atoms with Gasteiger partial charge in [0, 0.05) is 36.8 Å². The molecule has 0 N–H and O–H groups in total. The molecule has 3 heterocycles. The Hall–Kier alpha value is -2.57. The van der Waals surface area contributed by atoms with Crippen molar-refractivity contribution in [1.29, 1.82) is 0 Å². The van der Waals surface area contributed by atoms with E-state index in [0.29, 0.717) is 31.3 Å². The fourth-order valence-electron chi connectivity index (χ4n) is 5.78. The molecule has 1 aromatic heterocycles. The van der Waals surface area contributed by atoms with E-state index in [4.69, 9.17) is 18.6 Å². The van der Waals surface area contributed by atoms with Crippen molar-refractivity contribution < 1.29 is 33.0 Å². The highest BCUT2D eigenvalue weighted by molar-refractivity contribution is 5.94. The van der Waals surface area contributed by atoms with Gasteiger partial charge in [0.25, 0.3) is 0 Å². The lowest BCUT2D eigenvalue weighted by Gasteiger charge is -2.48. The molecule has 0 radical (unpaired) electrons. The van der Waals surface area contributed by atoms with Crippen molar-refractivity contribution in [3.8, 4) is 0 Å². The fourth-order valence-corrected chi connectivity index (χ4v) is 5.78. The van der Waals surface area contributed by atoms with E-state index in [1.165, 1.54) is 6.92 Å². The molecule has 1 saturated carbocycles. The van der Waals surface area contributed by atoms with Crippen molar-refractivity contribution in [3.63, 3.8) is 0 Å². The van der Waals surface area contributed by atoms with E-state index in [1.807, 2.05) is 13.0 Å². The van der Waals surface area contributed by atoms with Crippen LogP contribution in [0.3, 0.4) is 0 Å². The summed E-state index contributed by atoms with van der Waals surface area (Å²) in [4.78, 5) is 37.3. The Morgan fingerprint density at radius 2 is 2.04 bits per heavy atom. The summed E-state index contributed by atoms with van der Waals surface area (Å²) < 4.78 is 22.0. The van der Waals surface area contributed by atoms with Gasteiger partial charge < -0.3 is 18.6 Å². The Bertz CT molecular complexity index is 883. The summed E-state index contributed by atoms with van der Waals surface area (Å²) in [6.07, 6.45) is 4.05. The summed E-state index contributed by atoms with van der Waals surface area (Å²) in [5, 5.41) is 0. The van der Waals surface area contributed by atoms with Crippen LogP contribution in [0, 0.1) is 17.3 Å². The van der Waals surface area contributed by atoms with E-state index < -0.39 is 11.5 Å². The molecule has 0 bridgehead atoms. The van der Waals surface area contributed by atoms with E-state index >= 15 is 0 Å². The maximum Gasteiger partial charge on any atom is 0.334 e. The van der Waals surface area contributed by atoms with Crippen molar-refractivity contribution in [1.82, 2.24) is 0 Å². The summed E-state index contributed by atoms with van der Waals surface area (Å²) in [6.45, 7) is 3.38. The van der Waals surface area contributed by atoms with Gasteiger partial charge in [0.15, 0.2) is 0 Å². The number of hydrogen-bond acceptors (Lipinski definition) is 7. The molecule has 1 aromatic rings. The largest absolute Gasteiger partial charge is 0.472 e. The van der Waals surface area contributed by atoms with Crippen molar-refractivity contribution in [3.05, 3.63) is 35.3 Å². The van der Waals surface area contributed by atoms with Crippen LogP contribution in [0.15, 0.2) is 34.2 Å². The van der Waals surface area contributed by atoms with Crippen molar-refractivity contribution in [2.45, 2.75) is 57.8 Å². The fraction of sp³-hybridized carbons (Fsp3) is 0.571. The monoisotopic (exact) mass is 386 g/mol. The summed E-state index contributed by atoms with van der Waals surface area (Å²) >= 11 is 0. The third-order valence-electron chi connectivity index (χ3n) is 6.97. The SMILES string of the molecule is CC(=O)O[C@@H]1CC2=C3[C@@H](C[C@@H](C)[C@]4(C[C@@H](c5ccoc5)OC4=O)[C@H]3C1)OC2=O. The highest BCUT2D eigenvalue weighted by Gasteiger charge is 2.65. The molecule has 2 fully saturated rings. The van der Waals surface area contributed by atoms with Gasteiger partial charge in [0.05, 0.1) is 17.9 Å². The lowest BCUT2D eigenvalue weighted by Crippen LogP contribution is -2.51. The maximum absolute atomic E-state index is 13.3. The maximum atomic E-state index is 13.3. The first-order chi connectivity index (χ1) is 13.4. The minimum absolute atomic E-state index is 0.0288. The molecule has 7 heteroatoms. The first-order valence-electron chi connectivity index (χ1n) is 9.74. The zero-order valence-corrected chi connectivity index (χ0v) is 15.8. The standard InChI is InChI=1S/C21H22O7/c1-10-5-16-18-14(19(23)27-16)6-13(26-11(2)22)7-15(18)21(10)8-17(28-20(21)24)12-3-4-25-9-12/h3-4,9-10,13,15-17H,5-8H2,1-2H3/t10-,13-,15+,16-,17+,21-/m1/s1. The lowest BCUT2D eigenvalue weighted by molar-refractivity contribution is -0.158. The summed E-state index contributed by atoms with van der Waals surface area (Å²) in [7, 11) is 0. The van der Waals surface area contributed by atoms with Gasteiger partial charge in [-0.25, -0.2) is 4.79 Å². The van der Waals surface area contributed by atoms with Crippen LogP contribution >= 0.6 is 0 Å². The summed E-state index contributed by atoms with van der Waals surface area (Å²) in [5.41, 5.74) is 1.58. The van der Waals surface area contributed by atoms with Crippen LogP contribution in [0.4, 0.5) is 0 Å². The lowest BCUT2D eigenvalue weighted by atomic mass is 9.53. The molecule has 1 saturated heterocycles. The molecular weight excluding hydrogens is 364 g/mol. The smallest absolute Gasteiger partial charge is 0.334 e. The molecule has 6 atom stereocenters. The molecule has 2 aliphatic carbocycles. The third-order valence-corrected chi connectivity index (χ3v) is 6.97. The molecule has 2 aliphatic heterocycles. The Labute approximate surface area is 162 Å². The van der Waals surface area contributed by atoms with E-state index in [0.717, 1.165) is 11.1 Å². The van der Waals surface area contributed by atoms with Crippen molar-refractivity contribution in [2.75, 3.05) is 0 Å². The van der Waals surface area contributed by atoms with Crippen LogP contribution in [-0.4, -0.2) is 30.1 Å². The molecule has 28 heavy (non-hydrogen) atoms. The van der Waals surface area contributed by atoms with Crippen LogP contribution in [0.2, 0.25) is 0 Å². The van der Waals surface area contributed by atoms with Crippen LogP contribution < -0.4 is 0 Å². The molecule has 1 spiro atoms. The third kappa shape index (κ3) is 2.31. The minimum Gasteiger partial charge on any atom is -0.472 e. The van der Waals surface area contributed by atoms with E-state index in [9.17, 15) is 14.4 Å². The van der Waals surface area contributed by atoms with Gasteiger partial charge in [0.1, 0.15) is 18.3 Å². The van der Waals surface area contributed by atoms with Crippen LogP contribution in [0.1, 0.15) is 51.2 Å². The van der Waals surface area contributed by atoms with E-state index in [-0.39, 0.29) is 42.0 Å². The van der Waals surface area contributed by atoms with Crippen LogP contribution in [0.5, 0.6) is 0 Å². The van der Waals surface area contributed by atoms with Crippen LogP contribution in [0.25, 0.3) is 0 Å². The second kappa shape index (κ2) is 5.96. The normalized spacial score (nSPS) is 39.0. The van der Waals surface area contributed by atoms with Gasteiger partial charge in [-0.15, -0.1) is 0 Å². The number of cyclic esters (lactones) is 1. The highest BCUT2D eigenvalue weighted by Crippen LogP contribution is 2.62. The zero-order chi connectivity index (χ0) is 19.6. The molecular formula is C21H22O7. The van der Waals surface area contributed by atoms with Crippen molar-refractivity contribution >= 4 is 17.9 Å². The second-order valence-electron chi connectivity index (χ2n) is 8.38. The first-order valence-corrected chi connectivity index (χ1v) is 9.74.